The van der Waals surface area contributed by atoms with Crippen LogP contribution in [-0.2, 0) is 9.59 Å². The zero-order valence-corrected chi connectivity index (χ0v) is 21.2. The predicted octanol–water partition coefficient (Wildman–Crippen LogP) is 4.07. The van der Waals surface area contributed by atoms with Crippen LogP contribution in [0.25, 0.3) is 11.0 Å². The molecule has 0 saturated carbocycles. The van der Waals surface area contributed by atoms with Crippen molar-refractivity contribution in [3.05, 3.63) is 66.2 Å². The standard InChI is InChI=1S/C29H34FN5O2/c1-19(36)33-16-21(17-33)29(37)32-26(20-6-3-2-4-7-20)12-13-34-22-10-11-23(34)15-24(14-22)35-18-31-28-25(30)8-5-9-27(28)35/h2-9,18,21-24,26H,10-17H2,1H3,(H,32,37)/t22-,23+,24-,26-/m0/s1. The molecule has 37 heavy (non-hydrogen) atoms. The number of para-hydroxylation sites is 1. The first-order valence-corrected chi connectivity index (χ1v) is 13.5. The summed E-state index contributed by atoms with van der Waals surface area (Å²) >= 11 is 0. The molecule has 0 spiro atoms. The highest BCUT2D eigenvalue weighted by Crippen LogP contribution is 2.42. The Hall–Kier alpha value is -3.26. The van der Waals surface area contributed by atoms with Gasteiger partial charge >= 0.3 is 0 Å². The van der Waals surface area contributed by atoms with E-state index in [9.17, 15) is 14.0 Å². The molecule has 194 valence electrons. The summed E-state index contributed by atoms with van der Waals surface area (Å²) in [6.45, 7) is 3.48. The van der Waals surface area contributed by atoms with Gasteiger partial charge in [-0.25, -0.2) is 9.37 Å². The number of piperidine rings is 1. The van der Waals surface area contributed by atoms with Crippen LogP contribution in [0.5, 0.6) is 0 Å². The van der Waals surface area contributed by atoms with Crippen molar-refractivity contribution in [1.29, 1.82) is 0 Å². The van der Waals surface area contributed by atoms with Gasteiger partial charge in [-0.3, -0.25) is 14.5 Å². The van der Waals surface area contributed by atoms with Gasteiger partial charge in [0, 0.05) is 44.7 Å². The second-order valence-corrected chi connectivity index (χ2v) is 10.9. The predicted molar refractivity (Wildman–Crippen MR) is 139 cm³/mol. The quantitative estimate of drug-likeness (QED) is 0.528. The second-order valence-electron chi connectivity index (χ2n) is 10.9. The molecule has 3 aliphatic rings. The molecule has 7 nitrogen and oxygen atoms in total. The topological polar surface area (TPSA) is 70.5 Å². The van der Waals surface area contributed by atoms with Gasteiger partial charge in [0.1, 0.15) is 5.52 Å². The summed E-state index contributed by atoms with van der Waals surface area (Å²) in [5, 5.41) is 3.29. The van der Waals surface area contributed by atoms with E-state index in [1.165, 1.54) is 18.9 Å². The van der Waals surface area contributed by atoms with Crippen molar-refractivity contribution in [1.82, 2.24) is 24.7 Å². The monoisotopic (exact) mass is 503 g/mol. The number of amides is 2. The lowest BCUT2D eigenvalue weighted by atomic mass is 9.94. The van der Waals surface area contributed by atoms with Crippen molar-refractivity contribution in [2.45, 2.75) is 63.2 Å². The molecule has 0 aliphatic carbocycles. The molecular formula is C29H34FN5O2. The van der Waals surface area contributed by atoms with Gasteiger partial charge in [-0.1, -0.05) is 36.4 Å². The summed E-state index contributed by atoms with van der Waals surface area (Å²) < 4.78 is 16.4. The Morgan fingerprint density at radius 3 is 2.46 bits per heavy atom. The summed E-state index contributed by atoms with van der Waals surface area (Å²) in [7, 11) is 0. The molecule has 2 amide bonds. The zero-order chi connectivity index (χ0) is 25.5. The highest BCUT2D eigenvalue weighted by atomic mass is 19.1. The van der Waals surface area contributed by atoms with Gasteiger partial charge in [0.25, 0.3) is 0 Å². The number of hydrogen-bond acceptors (Lipinski definition) is 4. The van der Waals surface area contributed by atoms with Crippen molar-refractivity contribution in [2.24, 2.45) is 5.92 Å². The highest BCUT2D eigenvalue weighted by molar-refractivity contribution is 5.84. The van der Waals surface area contributed by atoms with Crippen LogP contribution in [0.3, 0.4) is 0 Å². The first kappa shape index (κ1) is 24.1. The maximum Gasteiger partial charge on any atom is 0.227 e. The summed E-state index contributed by atoms with van der Waals surface area (Å²) in [5.74, 6) is -0.331. The second kappa shape index (κ2) is 9.89. The normalized spacial score (nSPS) is 24.7. The molecule has 8 heteroatoms. The zero-order valence-electron chi connectivity index (χ0n) is 21.2. The summed E-state index contributed by atoms with van der Waals surface area (Å²) in [6, 6.07) is 16.6. The van der Waals surface area contributed by atoms with Crippen molar-refractivity contribution in [3.8, 4) is 0 Å². The third kappa shape index (κ3) is 4.63. The van der Waals surface area contributed by atoms with Crippen LogP contribution in [-0.4, -0.2) is 62.9 Å². The average Bonchev–Trinajstić information content (AvgIpc) is 3.39. The van der Waals surface area contributed by atoms with Crippen molar-refractivity contribution in [2.75, 3.05) is 19.6 Å². The molecule has 3 aliphatic heterocycles. The number of imidazole rings is 1. The van der Waals surface area contributed by atoms with Crippen LogP contribution < -0.4 is 5.32 Å². The van der Waals surface area contributed by atoms with Crippen LogP contribution in [0.15, 0.2) is 54.9 Å². The van der Waals surface area contributed by atoms with E-state index in [2.05, 4.69) is 31.9 Å². The Kier molecular flexibility index (Phi) is 6.44. The van der Waals surface area contributed by atoms with Crippen LogP contribution >= 0.6 is 0 Å². The molecule has 0 unspecified atom stereocenters. The highest BCUT2D eigenvalue weighted by Gasteiger charge is 2.42. The Balaban J connectivity index is 1.12. The third-order valence-electron chi connectivity index (χ3n) is 8.70. The summed E-state index contributed by atoms with van der Waals surface area (Å²) in [6.07, 6.45) is 7.06. The van der Waals surface area contributed by atoms with Gasteiger partial charge in [0.15, 0.2) is 5.82 Å². The van der Waals surface area contributed by atoms with Gasteiger partial charge in [-0.2, -0.15) is 0 Å². The van der Waals surface area contributed by atoms with Gasteiger partial charge in [0.2, 0.25) is 11.8 Å². The Morgan fingerprint density at radius 2 is 1.76 bits per heavy atom. The SMILES string of the molecule is CC(=O)N1CC(C(=O)N[C@@H](CCN2[C@@H]3CC[C@H]2C[C@H](n2cnc4c(F)cccc42)C3)c2ccccc2)C1. The molecule has 0 radical (unpaired) electrons. The molecule has 3 fully saturated rings. The van der Waals surface area contributed by atoms with Crippen LogP contribution in [0, 0.1) is 11.7 Å². The van der Waals surface area contributed by atoms with E-state index in [0.29, 0.717) is 36.7 Å². The van der Waals surface area contributed by atoms with Gasteiger partial charge in [-0.15, -0.1) is 0 Å². The maximum absolute atomic E-state index is 14.2. The fourth-order valence-corrected chi connectivity index (χ4v) is 6.63. The molecule has 1 N–H and O–H groups in total. The van der Waals surface area contributed by atoms with Crippen molar-refractivity contribution < 1.29 is 14.0 Å². The van der Waals surface area contributed by atoms with Crippen LogP contribution in [0.2, 0.25) is 0 Å². The molecule has 6 rings (SSSR count). The number of carbonyl (C=O) groups is 2. The van der Waals surface area contributed by atoms with E-state index in [-0.39, 0.29) is 29.6 Å². The number of carbonyl (C=O) groups excluding carboxylic acids is 2. The Morgan fingerprint density at radius 1 is 1.03 bits per heavy atom. The average molecular weight is 504 g/mol. The fourth-order valence-electron chi connectivity index (χ4n) is 6.63. The minimum absolute atomic E-state index is 0.0244. The van der Waals surface area contributed by atoms with Gasteiger partial charge in [0.05, 0.1) is 23.8 Å². The molecule has 3 saturated heterocycles. The minimum Gasteiger partial charge on any atom is -0.349 e. The Bertz CT molecular complexity index is 1270. The third-order valence-corrected chi connectivity index (χ3v) is 8.70. The smallest absolute Gasteiger partial charge is 0.227 e. The minimum atomic E-state index is -0.262. The van der Waals surface area contributed by atoms with E-state index < -0.39 is 0 Å². The van der Waals surface area contributed by atoms with Crippen LogP contribution in [0.4, 0.5) is 4.39 Å². The van der Waals surface area contributed by atoms with Gasteiger partial charge in [-0.05, 0) is 49.8 Å². The number of nitrogens with zero attached hydrogens (tertiary/aromatic N) is 4. The summed E-state index contributed by atoms with van der Waals surface area (Å²) in [4.78, 5) is 33.2. The molecule has 4 heterocycles. The van der Waals surface area contributed by atoms with Crippen LogP contribution in [0.1, 0.15) is 56.7 Å². The number of benzene rings is 2. The maximum atomic E-state index is 14.2. The number of rotatable bonds is 7. The molecule has 2 bridgehead atoms. The molecule has 3 aromatic rings. The fraction of sp³-hybridized carbons (Fsp3) is 0.483. The Labute approximate surface area is 216 Å². The first-order valence-electron chi connectivity index (χ1n) is 13.5. The van der Waals surface area contributed by atoms with E-state index in [1.807, 2.05) is 30.6 Å². The largest absolute Gasteiger partial charge is 0.349 e. The lowest BCUT2D eigenvalue weighted by Crippen LogP contribution is -2.55. The number of halogens is 1. The van der Waals surface area contributed by atoms with Crippen molar-refractivity contribution >= 4 is 22.8 Å². The van der Waals surface area contributed by atoms with Crippen molar-refractivity contribution in [3.63, 3.8) is 0 Å². The number of hydrogen-bond donors (Lipinski definition) is 1. The number of fused-ring (bicyclic) bond motifs is 3. The summed E-state index contributed by atoms with van der Waals surface area (Å²) in [5.41, 5.74) is 2.45. The molecule has 1 aromatic heterocycles. The van der Waals surface area contributed by atoms with Gasteiger partial charge < -0.3 is 14.8 Å². The van der Waals surface area contributed by atoms with E-state index in [0.717, 1.165) is 36.9 Å². The molecule has 2 aromatic carbocycles. The molecule has 4 atom stereocenters. The van der Waals surface area contributed by atoms with E-state index >= 15 is 0 Å². The van der Waals surface area contributed by atoms with E-state index in [1.54, 1.807) is 17.9 Å². The number of nitrogens with one attached hydrogen (secondary N) is 1. The van der Waals surface area contributed by atoms with E-state index in [4.69, 9.17) is 0 Å². The lowest BCUT2D eigenvalue weighted by Gasteiger charge is -2.41. The number of likely N-dealkylation sites (tertiary alicyclic amines) is 1. The number of aromatic nitrogens is 2. The molecular weight excluding hydrogens is 469 g/mol. The first-order chi connectivity index (χ1) is 18.0. The lowest BCUT2D eigenvalue weighted by molar-refractivity contribution is -0.141.